The highest BCUT2D eigenvalue weighted by atomic mass is 32.1. The molecule has 0 bridgehead atoms. The highest BCUT2D eigenvalue weighted by Crippen LogP contribution is 2.52. The first-order valence-electron chi connectivity index (χ1n) is 13.8. The quantitative estimate of drug-likeness (QED) is 0.232. The molecule has 2 aromatic heterocycles. The van der Waals surface area contributed by atoms with E-state index in [2.05, 4.69) is 109 Å². The number of hydrogen-bond donors (Lipinski definition) is 0. The summed E-state index contributed by atoms with van der Waals surface area (Å²) in [6, 6.07) is 23.0. The van der Waals surface area contributed by atoms with Gasteiger partial charge >= 0.3 is 0 Å². The molecule has 1 aliphatic rings. The lowest BCUT2D eigenvalue weighted by Gasteiger charge is -2.45. The highest BCUT2D eigenvalue weighted by Gasteiger charge is 2.39. The Kier molecular flexibility index (Phi) is 5.59. The van der Waals surface area contributed by atoms with Crippen molar-refractivity contribution in [2.45, 2.75) is 79.1 Å². The van der Waals surface area contributed by atoms with E-state index in [1.165, 1.54) is 66.9 Å². The molecule has 0 unspecified atom stereocenters. The van der Waals surface area contributed by atoms with Crippen LogP contribution in [0.1, 0.15) is 84.8 Å². The molecule has 2 heterocycles. The van der Waals surface area contributed by atoms with Crippen LogP contribution in [0.4, 0.5) is 0 Å². The minimum absolute atomic E-state index is 0.0557. The van der Waals surface area contributed by atoms with Crippen LogP contribution in [0, 0.1) is 10.8 Å². The number of thiophene rings is 1. The molecule has 1 nitrogen and oxygen atoms in total. The number of benzene rings is 3. The third-order valence-corrected chi connectivity index (χ3v) is 9.56. The molecular weight excluding hydrogens is 466 g/mol. The van der Waals surface area contributed by atoms with Gasteiger partial charge in [0.05, 0.1) is 10.4 Å². The van der Waals surface area contributed by atoms with Gasteiger partial charge in [-0.15, -0.1) is 11.3 Å². The molecule has 0 saturated heterocycles. The fourth-order valence-corrected chi connectivity index (χ4v) is 8.59. The van der Waals surface area contributed by atoms with Gasteiger partial charge in [-0.1, -0.05) is 84.9 Å². The average Bonchev–Trinajstić information content (AvgIpc) is 3.19. The molecule has 1 saturated carbocycles. The molecule has 6 rings (SSSR count). The predicted molar refractivity (Wildman–Crippen MR) is 163 cm³/mol. The monoisotopic (exact) mass is 505 g/mol. The molecule has 0 spiro atoms. The number of aromatic nitrogens is 1. The van der Waals surface area contributed by atoms with E-state index >= 15 is 0 Å². The van der Waals surface area contributed by atoms with Crippen LogP contribution in [0.3, 0.4) is 0 Å². The van der Waals surface area contributed by atoms with Crippen molar-refractivity contribution in [3.05, 3.63) is 78.0 Å². The maximum Gasteiger partial charge on any atom is 0.0880 e. The van der Waals surface area contributed by atoms with Crippen LogP contribution in [0.25, 0.3) is 42.2 Å². The van der Waals surface area contributed by atoms with E-state index < -0.39 is 0 Å². The van der Waals surface area contributed by atoms with Crippen LogP contribution in [-0.4, -0.2) is 4.98 Å². The van der Waals surface area contributed by atoms with Crippen molar-refractivity contribution in [1.29, 1.82) is 0 Å². The second-order valence-electron chi connectivity index (χ2n) is 14.0. The summed E-state index contributed by atoms with van der Waals surface area (Å²) in [7, 11) is 0. The van der Waals surface area contributed by atoms with Crippen LogP contribution < -0.4 is 0 Å². The van der Waals surface area contributed by atoms with E-state index in [1.807, 2.05) is 17.5 Å². The van der Waals surface area contributed by atoms with Gasteiger partial charge in [0.2, 0.25) is 0 Å². The van der Waals surface area contributed by atoms with Crippen molar-refractivity contribution in [3.8, 4) is 11.3 Å². The number of fused-ring (bicyclic) bond motifs is 4. The number of nitrogens with zero attached hydrogens (tertiary/aromatic N) is 1. The maximum absolute atomic E-state index is 4.96. The van der Waals surface area contributed by atoms with E-state index in [-0.39, 0.29) is 5.41 Å². The SMILES string of the molecule is CC1(C)CC(c2ccc3c(c2)sc2c(-c4cc(C(C)(C)C)c5ccccc5c4)nccc23)CC(C)(C)C1. The lowest BCUT2D eigenvalue weighted by molar-refractivity contribution is 0.0969. The zero-order valence-electron chi connectivity index (χ0n) is 23.4. The summed E-state index contributed by atoms with van der Waals surface area (Å²) < 4.78 is 2.69. The van der Waals surface area contributed by atoms with Crippen molar-refractivity contribution in [3.63, 3.8) is 0 Å². The lowest BCUT2D eigenvalue weighted by atomic mass is 9.60. The van der Waals surface area contributed by atoms with Crippen LogP contribution in [0.2, 0.25) is 0 Å². The van der Waals surface area contributed by atoms with Gasteiger partial charge < -0.3 is 0 Å². The summed E-state index contributed by atoms with van der Waals surface area (Å²) in [5, 5.41) is 5.31. The first kappa shape index (κ1) is 24.6. The zero-order chi connectivity index (χ0) is 26.2. The van der Waals surface area contributed by atoms with Crippen molar-refractivity contribution in [2.75, 3.05) is 0 Å². The summed E-state index contributed by atoms with van der Waals surface area (Å²) in [4.78, 5) is 4.96. The predicted octanol–water partition coefficient (Wildman–Crippen LogP) is 10.9. The minimum atomic E-state index is 0.0557. The Hall–Kier alpha value is -2.71. The van der Waals surface area contributed by atoms with Crippen molar-refractivity contribution in [1.82, 2.24) is 4.98 Å². The minimum Gasteiger partial charge on any atom is -0.255 e. The fraction of sp³-hybridized carbons (Fsp3) is 0.400. The Labute approximate surface area is 225 Å². The molecule has 0 aliphatic heterocycles. The summed E-state index contributed by atoms with van der Waals surface area (Å²) in [5.41, 5.74) is 6.05. The standard InChI is InChI=1S/C35H39NS/c1-33(2,3)29-17-24(16-23-10-8-9-11-26(23)29)31-32-28(14-15-36-31)27-13-12-22(18-30(27)37-32)25-19-34(4,5)21-35(6,7)20-25/h8-18,25H,19-21H2,1-7H3. The smallest absolute Gasteiger partial charge is 0.0880 e. The molecule has 1 fully saturated rings. The van der Waals surface area contributed by atoms with Gasteiger partial charge in [0, 0.05) is 27.2 Å². The van der Waals surface area contributed by atoms with E-state index in [9.17, 15) is 0 Å². The molecule has 2 heteroatoms. The molecule has 1 aliphatic carbocycles. The molecule has 0 N–H and O–H groups in total. The number of rotatable bonds is 2. The van der Waals surface area contributed by atoms with Gasteiger partial charge in [0.25, 0.3) is 0 Å². The molecular formula is C35H39NS. The topological polar surface area (TPSA) is 12.9 Å². The van der Waals surface area contributed by atoms with E-state index in [4.69, 9.17) is 4.98 Å². The summed E-state index contributed by atoms with van der Waals surface area (Å²) >= 11 is 1.92. The van der Waals surface area contributed by atoms with Crippen molar-refractivity contribution >= 4 is 42.3 Å². The molecule has 3 aromatic carbocycles. The molecule has 0 radical (unpaired) electrons. The van der Waals surface area contributed by atoms with Crippen molar-refractivity contribution < 1.29 is 0 Å². The molecule has 190 valence electrons. The highest BCUT2D eigenvalue weighted by molar-refractivity contribution is 7.26. The third kappa shape index (κ3) is 4.48. The number of hydrogen-bond acceptors (Lipinski definition) is 2. The summed E-state index contributed by atoms with van der Waals surface area (Å²) in [6.45, 7) is 16.7. The summed E-state index contributed by atoms with van der Waals surface area (Å²) in [5.74, 6) is 0.626. The van der Waals surface area contributed by atoms with Crippen LogP contribution in [0.5, 0.6) is 0 Å². The molecule has 37 heavy (non-hydrogen) atoms. The Bertz CT molecular complexity index is 1630. The maximum atomic E-state index is 4.96. The second kappa shape index (κ2) is 8.40. The van der Waals surface area contributed by atoms with E-state index in [1.54, 1.807) is 0 Å². The van der Waals surface area contributed by atoms with Gasteiger partial charge in [-0.05, 0) is 87.6 Å². The summed E-state index contributed by atoms with van der Waals surface area (Å²) in [6.07, 6.45) is 5.84. The fourth-order valence-electron chi connectivity index (χ4n) is 7.33. The van der Waals surface area contributed by atoms with E-state index in [0.717, 1.165) is 5.69 Å². The van der Waals surface area contributed by atoms with Gasteiger partial charge in [-0.2, -0.15) is 0 Å². The Morgan fingerprint density at radius 1 is 0.811 bits per heavy atom. The molecule has 5 aromatic rings. The normalized spacial score (nSPS) is 18.1. The van der Waals surface area contributed by atoms with Gasteiger partial charge in [-0.25, -0.2) is 0 Å². The first-order valence-corrected chi connectivity index (χ1v) is 14.6. The largest absolute Gasteiger partial charge is 0.255 e. The molecule has 0 amide bonds. The average molecular weight is 506 g/mol. The van der Waals surface area contributed by atoms with Crippen molar-refractivity contribution in [2.24, 2.45) is 10.8 Å². The van der Waals surface area contributed by atoms with E-state index in [0.29, 0.717) is 16.7 Å². The zero-order valence-corrected chi connectivity index (χ0v) is 24.2. The Morgan fingerprint density at radius 2 is 1.54 bits per heavy atom. The van der Waals surface area contributed by atoms with Gasteiger partial charge in [-0.3, -0.25) is 4.98 Å². The third-order valence-electron chi connectivity index (χ3n) is 8.38. The van der Waals surface area contributed by atoms with Crippen LogP contribution >= 0.6 is 11.3 Å². The lowest BCUT2D eigenvalue weighted by Crippen LogP contribution is -2.32. The molecule has 0 atom stereocenters. The number of pyridine rings is 1. The first-order chi connectivity index (χ1) is 17.4. The second-order valence-corrected chi connectivity index (χ2v) is 15.1. The van der Waals surface area contributed by atoms with Crippen LogP contribution in [0.15, 0.2) is 66.9 Å². The Balaban J connectivity index is 1.50. The van der Waals surface area contributed by atoms with Gasteiger partial charge in [0.1, 0.15) is 0 Å². The van der Waals surface area contributed by atoms with Crippen LogP contribution in [-0.2, 0) is 5.41 Å². The van der Waals surface area contributed by atoms with Gasteiger partial charge in [0.15, 0.2) is 0 Å². The Morgan fingerprint density at radius 3 is 2.27 bits per heavy atom.